The zero-order valence-corrected chi connectivity index (χ0v) is 18.9. The maximum Gasteiger partial charge on any atom is 0.251 e. The van der Waals surface area contributed by atoms with E-state index in [-0.39, 0.29) is 11.9 Å². The minimum Gasteiger partial charge on any atom is -0.371 e. The molecule has 2 aromatic carbocycles. The zero-order valence-electron chi connectivity index (χ0n) is 18.1. The highest BCUT2D eigenvalue weighted by Gasteiger charge is 2.18. The van der Waals surface area contributed by atoms with Crippen LogP contribution in [0.5, 0.6) is 0 Å². The summed E-state index contributed by atoms with van der Waals surface area (Å²) in [6, 6.07) is 14.8. The van der Waals surface area contributed by atoms with Crippen LogP contribution in [0.25, 0.3) is 0 Å². The van der Waals surface area contributed by atoms with E-state index in [4.69, 9.17) is 0 Å². The van der Waals surface area contributed by atoms with Crippen LogP contribution in [-0.2, 0) is 10.0 Å². The molecule has 1 amide bonds. The molecule has 3 rings (SSSR count). The smallest absolute Gasteiger partial charge is 0.251 e. The molecule has 30 heavy (non-hydrogen) atoms. The van der Waals surface area contributed by atoms with Crippen LogP contribution in [0, 0.1) is 5.92 Å². The number of sulfonamides is 1. The van der Waals surface area contributed by atoms with E-state index < -0.39 is 10.0 Å². The van der Waals surface area contributed by atoms with Crippen LogP contribution in [0.15, 0.2) is 48.5 Å². The topological polar surface area (TPSA) is 69.7 Å². The summed E-state index contributed by atoms with van der Waals surface area (Å²) in [5.41, 5.74) is 3.13. The van der Waals surface area contributed by atoms with E-state index in [1.807, 2.05) is 6.92 Å². The predicted molar refractivity (Wildman–Crippen MR) is 123 cm³/mol. The van der Waals surface area contributed by atoms with E-state index in [2.05, 4.69) is 41.4 Å². The summed E-state index contributed by atoms with van der Waals surface area (Å²) in [7, 11) is -1.91. The molecular weight excluding hydrogens is 398 g/mol. The monoisotopic (exact) mass is 429 g/mol. The van der Waals surface area contributed by atoms with Crippen LogP contribution < -0.4 is 14.5 Å². The van der Waals surface area contributed by atoms with Crippen molar-refractivity contribution in [3.8, 4) is 0 Å². The zero-order chi connectivity index (χ0) is 21.9. The van der Waals surface area contributed by atoms with Crippen molar-refractivity contribution in [3.63, 3.8) is 0 Å². The summed E-state index contributed by atoms with van der Waals surface area (Å²) in [6.07, 6.45) is 3.65. The van der Waals surface area contributed by atoms with Gasteiger partial charge in [0.2, 0.25) is 10.0 Å². The number of anilines is 2. The minimum absolute atomic E-state index is 0.164. The number of hydrogen-bond donors (Lipinski definition) is 1. The molecule has 1 fully saturated rings. The number of carbonyl (C=O) groups excluding carboxylic acids is 1. The molecule has 1 heterocycles. The second kappa shape index (κ2) is 9.08. The summed E-state index contributed by atoms with van der Waals surface area (Å²) in [5, 5.41) is 3.00. The SMILES string of the molecule is C[C@H]1CCCN(c2ccc([C@H](C)NC(=O)c3cccc(N(C)S(C)(=O)=O)c3)cc2)C1. The van der Waals surface area contributed by atoms with Gasteiger partial charge < -0.3 is 10.2 Å². The molecule has 0 unspecified atom stereocenters. The van der Waals surface area contributed by atoms with Gasteiger partial charge >= 0.3 is 0 Å². The van der Waals surface area contributed by atoms with E-state index >= 15 is 0 Å². The Labute approximate surface area is 179 Å². The summed E-state index contributed by atoms with van der Waals surface area (Å²) in [4.78, 5) is 15.1. The third kappa shape index (κ3) is 5.33. The second-order valence-corrected chi connectivity index (χ2v) is 10.3. The van der Waals surface area contributed by atoms with Gasteiger partial charge in [-0.1, -0.05) is 25.1 Å². The quantitative estimate of drug-likeness (QED) is 0.758. The molecule has 162 valence electrons. The van der Waals surface area contributed by atoms with Crippen molar-refractivity contribution >= 4 is 27.3 Å². The van der Waals surface area contributed by atoms with E-state index in [1.165, 1.54) is 25.6 Å². The first-order valence-electron chi connectivity index (χ1n) is 10.3. The number of benzene rings is 2. The molecular formula is C23H31N3O3S. The summed E-state index contributed by atoms with van der Waals surface area (Å²) in [5.74, 6) is 0.481. The molecule has 1 aliphatic rings. The molecule has 0 aromatic heterocycles. The predicted octanol–water partition coefficient (Wildman–Crippen LogP) is 3.81. The summed E-state index contributed by atoms with van der Waals surface area (Å²) in [6.45, 7) is 6.42. The number of nitrogens with one attached hydrogen (secondary N) is 1. The molecule has 7 heteroatoms. The molecule has 1 saturated heterocycles. The van der Waals surface area contributed by atoms with Crippen molar-refractivity contribution in [2.45, 2.75) is 32.7 Å². The third-order valence-corrected chi connectivity index (χ3v) is 6.94. The van der Waals surface area contributed by atoms with Crippen LogP contribution in [0.4, 0.5) is 11.4 Å². The van der Waals surface area contributed by atoms with Crippen molar-refractivity contribution in [2.24, 2.45) is 5.92 Å². The number of rotatable bonds is 6. The van der Waals surface area contributed by atoms with Gasteiger partial charge in [-0.05, 0) is 61.6 Å². The highest BCUT2D eigenvalue weighted by molar-refractivity contribution is 7.92. The molecule has 0 aliphatic carbocycles. The number of hydrogen-bond acceptors (Lipinski definition) is 4. The highest BCUT2D eigenvalue weighted by Crippen LogP contribution is 2.25. The van der Waals surface area contributed by atoms with E-state index in [9.17, 15) is 13.2 Å². The van der Waals surface area contributed by atoms with E-state index in [0.717, 1.165) is 29.2 Å². The van der Waals surface area contributed by atoms with Crippen molar-refractivity contribution in [3.05, 3.63) is 59.7 Å². The Bertz CT molecular complexity index is 989. The summed E-state index contributed by atoms with van der Waals surface area (Å²) >= 11 is 0. The normalized spacial score (nSPS) is 18.0. The van der Waals surface area contributed by atoms with Crippen LogP contribution in [0.2, 0.25) is 0 Å². The van der Waals surface area contributed by atoms with Crippen molar-refractivity contribution in [1.29, 1.82) is 0 Å². The molecule has 0 radical (unpaired) electrons. The van der Waals surface area contributed by atoms with Gasteiger partial charge in [-0.25, -0.2) is 8.42 Å². The van der Waals surface area contributed by atoms with Crippen molar-refractivity contribution < 1.29 is 13.2 Å². The van der Waals surface area contributed by atoms with Gasteiger partial charge in [0.15, 0.2) is 0 Å². The van der Waals surface area contributed by atoms with Gasteiger partial charge in [0, 0.05) is 31.4 Å². The molecule has 1 N–H and O–H groups in total. The van der Waals surface area contributed by atoms with E-state index in [0.29, 0.717) is 17.2 Å². The number of carbonyl (C=O) groups is 1. The second-order valence-electron chi connectivity index (χ2n) is 8.26. The Hall–Kier alpha value is -2.54. The van der Waals surface area contributed by atoms with Gasteiger partial charge in [0.25, 0.3) is 5.91 Å². The maximum absolute atomic E-state index is 12.7. The maximum atomic E-state index is 12.7. The molecule has 0 saturated carbocycles. The van der Waals surface area contributed by atoms with Crippen molar-refractivity contribution in [2.75, 3.05) is 35.6 Å². The first kappa shape index (κ1) is 22.2. The Morgan fingerprint density at radius 2 is 1.90 bits per heavy atom. The van der Waals surface area contributed by atoms with Gasteiger partial charge in [-0.3, -0.25) is 9.10 Å². The summed E-state index contributed by atoms with van der Waals surface area (Å²) < 4.78 is 24.7. The average molecular weight is 430 g/mol. The Morgan fingerprint density at radius 3 is 2.53 bits per heavy atom. The lowest BCUT2D eigenvalue weighted by atomic mass is 9.99. The van der Waals surface area contributed by atoms with E-state index in [1.54, 1.807) is 24.3 Å². The fourth-order valence-corrected chi connectivity index (χ4v) is 4.29. The third-order valence-electron chi connectivity index (χ3n) is 5.73. The molecule has 2 atom stereocenters. The lowest BCUT2D eigenvalue weighted by molar-refractivity contribution is 0.0940. The van der Waals surface area contributed by atoms with Crippen LogP contribution in [0.3, 0.4) is 0 Å². The Kier molecular flexibility index (Phi) is 6.71. The first-order chi connectivity index (χ1) is 14.1. The van der Waals surface area contributed by atoms with Crippen LogP contribution in [-0.4, -0.2) is 40.7 Å². The number of nitrogens with zero attached hydrogens (tertiary/aromatic N) is 2. The minimum atomic E-state index is -3.38. The molecule has 6 nitrogen and oxygen atoms in total. The van der Waals surface area contributed by atoms with Crippen LogP contribution >= 0.6 is 0 Å². The van der Waals surface area contributed by atoms with Crippen molar-refractivity contribution in [1.82, 2.24) is 5.32 Å². The molecule has 1 aliphatic heterocycles. The van der Waals surface area contributed by atoms with Crippen LogP contribution in [0.1, 0.15) is 48.7 Å². The lowest BCUT2D eigenvalue weighted by Gasteiger charge is -2.33. The highest BCUT2D eigenvalue weighted by atomic mass is 32.2. The first-order valence-corrected chi connectivity index (χ1v) is 12.2. The molecule has 0 bridgehead atoms. The molecule has 0 spiro atoms. The lowest BCUT2D eigenvalue weighted by Crippen LogP contribution is -2.34. The Balaban J connectivity index is 1.67. The standard InChI is InChI=1S/C23H31N3O3S/c1-17-7-6-14-26(16-17)21-12-10-19(11-13-21)18(2)24-23(27)20-8-5-9-22(15-20)25(3)30(4,28)29/h5,8-13,15,17-18H,6-7,14,16H2,1-4H3,(H,24,27)/t17-,18-/m0/s1. The Morgan fingerprint density at radius 1 is 1.20 bits per heavy atom. The van der Waals surface area contributed by atoms with Gasteiger partial charge in [0.1, 0.15) is 0 Å². The van der Waals surface area contributed by atoms with Gasteiger partial charge in [-0.2, -0.15) is 0 Å². The number of amides is 1. The number of piperidine rings is 1. The van der Waals surface area contributed by atoms with Gasteiger partial charge in [0.05, 0.1) is 18.0 Å². The molecule has 2 aromatic rings. The fourth-order valence-electron chi connectivity index (χ4n) is 3.80. The largest absolute Gasteiger partial charge is 0.371 e. The fraction of sp³-hybridized carbons (Fsp3) is 0.435. The average Bonchev–Trinajstić information content (AvgIpc) is 2.72. The van der Waals surface area contributed by atoms with Gasteiger partial charge in [-0.15, -0.1) is 0 Å².